The minimum absolute atomic E-state index is 0.294. The Hall–Kier alpha value is -1.49. The van der Waals surface area contributed by atoms with E-state index in [9.17, 15) is 4.79 Å². The number of rotatable bonds is 6. The molecule has 0 saturated heterocycles. The summed E-state index contributed by atoms with van der Waals surface area (Å²) in [6.45, 7) is 5.22. The lowest BCUT2D eigenvalue weighted by Crippen LogP contribution is -2.07. The lowest BCUT2D eigenvalue weighted by molar-refractivity contribution is 0.0697. The molecule has 1 aromatic carbocycles. The standard InChI is InChI=1S/C15H20N2O2S/c1-4-14-16-12-9-11(15(18)19)5-6-13(12)17(14)8-7-10(2)20-3/h5-6,9-10H,4,7-8H2,1-3H3,(H,18,19). The highest BCUT2D eigenvalue weighted by Gasteiger charge is 2.12. The van der Waals surface area contributed by atoms with E-state index in [0.29, 0.717) is 10.8 Å². The van der Waals surface area contributed by atoms with Gasteiger partial charge < -0.3 is 9.67 Å². The van der Waals surface area contributed by atoms with Crippen molar-refractivity contribution >= 4 is 28.8 Å². The van der Waals surface area contributed by atoms with E-state index in [-0.39, 0.29) is 0 Å². The van der Waals surface area contributed by atoms with Crippen molar-refractivity contribution in [1.29, 1.82) is 0 Å². The average molecular weight is 292 g/mol. The van der Waals surface area contributed by atoms with Crippen LogP contribution in [0.5, 0.6) is 0 Å². The number of carboxylic acids is 1. The monoisotopic (exact) mass is 292 g/mol. The number of aromatic nitrogens is 2. The largest absolute Gasteiger partial charge is 0.478 e. The van der Waals surface area contributed by atoms with Crippen molar-refractivity contribution in [3.8, 4) is 0 Å². The summed E-state index contributed by atoms with van der Waals surface area (Å²) in [5.74, 6) is 0.117. The number of aryl methyl sites for hydroxylation is 2. The predicted octanol–water partition coefficient (Wildman–Crippen LogP) is 3.44. The van der Waals surface area contributed by atoms with Crippen molar-refractivity contribution in [2.24, 2.45) is 0 Å². The lowest BCUT2D eigenvalue weighted by Gasteiger charge is -2.11. The number of nitrogens with zero attached hydrogens (tertiary/aromatic N) is 2. The molecule has 4 nitrogen and oxygen atoms in total. The topological polar surface area (TPSA) is 55.1 Å². The van der Waals surface area contributed by atoms with Gasteiger partial charge in [-0.1, -0.05) is 13.8 Å². The van der Waals surface area contributed by atoms with Crippen LogP contribution in [0, 0.1) is 0 Å². The van der Waals surface area contributed by atoms with Crippen LogP contribution < -0.4 is 0 Å². The van der Waals surface area contributed by atoms with E-state index in [4.69, 9.17) is 5.11 Å². The number of carboxylic acid groups (broad SMARTS) is 1. The number of hydrogen-bond donors (Lipinski definition) is 1. The molecule has 0 fully saturated rings. The molecule has 1 aromatic heterocycles. The molecule has 108 valence electrons. The predicted molar refractivity (Wildman–Crippen MR) is 83.7 cm³/mol. The first-order valence-electron chi connectivity index (χ1n) is 6.82. The van der Waals surface area contributed by atoms with Gasteiger partial charge in [0.15, 0.2) is 0 Å². The van der Waals surface area contributed by atoms with Crippen molar-refractivity contribution in [1.82, 2.24) is 9.55 Å². The summed E-state index contributed by atoms with van der Waals surface area (Å²) >= 11 is 1.86. The number of fused-ring (bicyclic) bond motifs is 1. The zero-order valence-corrected chi connectivity index (χ0v) is 12.9. The first-order valence-corrected chi connectivity index (χ1v) is 8.10. The van der Waals surface area contributed by atoms with Crippen molar-refractivity contribution in [2.75, 3.05) is 6.26 Å². The molecule has 0 radical (unpaired) electrons. The van der Waals surface area contributed by atoms with E-state index < -0.39 is 5.97 Å². The fraction of sp³-hybridized carbons (Fsp3) is 0.467. The van der Waals surface area contributed by atoms with Crippen molar-refractivity contribution in [3.05, 3.63) is 29.6 Å². The molecule has 1 heterocycles. The maximum absolute atomic E-state index is 11.0. The minimum atomic E-state index is -0.907. The van der Waals surface area contributed by atoms with Crippen LogP contribution in [0.25, 0.3) is 11.0 Å². The Kier molecular flexibility index (Phi) is 4.70. The molecule has 20 heavy (non-hydrogen) atoms. The van der Waals surface area contributed by atoms with Gasteiger partial charge in [-0.15, -0.1) is 0 Å². The van der Waals surface area contributed by atoms with Gasteiger partial charge in [-0.05, 0) is 30.9 Å². The van der Waals surface area contributed by atoms with Crippen LogP contribution in [-0.2, 0) is 13.0 Å². The number of benzene rings is 1. The summed E-state index contributed by atoms with van der Waals surface area (Å²) in [7, 11) is 0. The third-order valence-electron chi connectivity index (χ3n) is 3.55. The second-order valence-corrected chi connectivity index (χ2v) is 6.15. The van der Waals surface area contributed by atoms with Gasteiger partial charge in [0.1, 0.15) is 5.82 Å². The third kappa shape index (κ3) is 2.98. The summed E-state index contributed by atoms with van der Waals surface area (Å²) < 4.78 is 2.22. The van der Waals surface area contributed by atoms with Gasteiger partial charge in [-0.2, -0.15) is 11.8 Å². The van der Waals surface area contributed by atoms with Gasteiger partial charge >= 0.3 is 5.97 Å². The number of imidazole rings is 1. The van der Waals surface area contributed by atoms with Crippen molar-refractivity contribution in [3.63, 3.8) is 0 Å². The van der Waals surface area contributed by atoms with Crippen molar-refractivity contribution < 1.29 is 9.90 Å². The van der Waals surface area contributed by atoms with Gasteiger partial charge in [-0.3, -0.25) is 0 Å². The van der Waals surface area contributed by atoms with Gasteiger partial charge in [0.2, 0.25) is 0 Å². The summed E-state index contributed by atoms with van der Waals surface area (Å²) in [6.07, 6.45) is 4.06. The molecule has 1 unspecified atom stereocenters. The van der Waals surface area contributed by atoms with E-state index in [2.05, 4.69) is 29.7 Å². The van der Waals surface area contributed by atoms with Gasteiger partial charge in [0.05, 0.1) is 16.6 Å². The minimum Gasteiger partial charge on any atom is -0.478 e. The number of carbonyl (C=O) groups is 1. The van der Waals surface area contributed by atoms with E-state index in [0.717, 1.165) is 36.2 Å². The van der Waals surface area contributed by atoms with Gasteiger partial charge in [-0.25, -0.2) is 9.78 Å². The van der Waals surface area contributed by atoms with E-state index >= 15 is 0 Å². The van der Waals surface area contributed by atoms with Crippen LogP contribution in [0.1, 0.15) is 36.5 Å². The molecule has 0 amide bonds. The SMILES string of the molecule is CCc1nc2cc(C(=O)O)ccc2n1CCC(C)SC. The van der Waals surface area contributed by atoms with E-state index in [1.165, 1.54) is 0 Å². The number of hydrogen-bond acceptors (Lipinski definition) is 3. The smallest absolute Gasteiger partial charge is 0.335 e. The van der Waals surface area contributed by atoms with Crippen LogP contribution in [0.4, 0.5) is 0 Å². The molecule has 0 spiro atoms. The highest BCUT2D eigenvalue weighted by atomic mass is 32.2. The maximum atomic E-state index is 11.0. The average Bonchev–Trinajstić information content (AvgIpc) is 2.81. The highest BCUT2D eigenvalue weighted by molar-refractivity contribution is 7.99. The zero-order chi connectivity index (χ0) is 14.7. The Labute approximate surface area is 123 Å². The molecular weight excluding hydrogens is 272 g/mol. The number of thioether (sulfide) groups is 1. The molecule has 2 rings (SSSR count). The molecule has 5 heteroatoms. The normalized spacial score (nSPS) is 12.8. The highest BCUT2D eigenvalue weighted by Crippen LogP contribution is 2.21. The first kappa shape index (κ1) is 14.9. The quantitative estimate of drug-likeness (QED) is 0.886. The van der Waals surface area contributed by atoms with Gasteiger partial charge in [0.25, 0.3) is 0 Å². The van der Waals surface area contributed by atoms with Crippen molar-refractivity contribution in [2.45, 2.75) is 38.5 Å². The Bertz CT molecular complexity index is 622. The molecule has 0 saturated carbocycles. The van der Waals surface area contributed by atoms with Crippen LogP contribution in [0.2, 0.25) is 0 Å². The summed E-state index contributed by atoms with van der Waals surface area (Å²) in [5.41, 5.74) is 2.10. The first-order chi connectivity index (χ1) is 9.56. The lowest BCUT2D eigenvalue weighted by atomic mass is 10.2. The molecule has 0 bridgehead atoms. The number of aromatic carboxylic acids is 1. The molecule has 2 aromatic rings. The second kappa shape index (κ2) is 6.31. The fourth-order valence-corrected chi connectivity index (χ4v) is 2.60. The Morgan fingerprint density at radius 3 is 2.85 bits per heavy atom. The molecule has 0 aliphatic heterocycles. The molecular formula is C15H20N2O2S. The van der Waals surface area contributed by atoms with Gasteiger partial charge in [0, 0.05) is 18.2 Å². The van der Waals surface area contributed by atoms with E-state index in [1.807, 2.05) is 17.8 Å². The fourth-order valence-electron chi connectivity index (χ4n) is 2.26. The molecule has 1 N–H and O–H groups in total. The zero-order valence-electron chi connectivity index (χ0n) is 12.1. The summed E-state index contributed by atoms with van der Waals surface area (Å²) in [5, 5.41) is 9.66. The van der Waals surface area contributed by atoms with Crippen LogP contribution in [0.15, 0.2) is 18.2 Å². The van der Waals surface area contributed by atoms with Crippen LogP contribution in [0.3, 0.4) is 0 Å². The Morgan fingerprint density at radius 2 is 2.25 bits per heavy atom. The third-order valence-corrected chi connectivity index (χ3v) is 4.59. The molecule has 0 aliphatic carbocycles. The van der Waals surface area contributed by atoms with Crippen LogP contribution in [-0.4, -0.2) is 32.1 Å². The van der Waals surface area contributed by atoms with E-state index in [1.54, 1.807) is 12.1 Å². The summed E-state index contributed by atoms with van der Waals surface area (Å²) in [4.78, 5) is 15.6. The molecule has 0 aliphatic rings. The Balaban J connectivity index is 2.39. The second-order valence-electron chi connectivity index (χ2n) is 4.88. The summed E-state index contributed by atoms with van der Waals surface area (Å²) in [6, 6.07) is 5.18. The van der Waals surface area contributed by atoms with Crippen LogP contribution >= 0.6 is 11.8 Å². The molecule has 1 atom stereocenters. The maximum Gasteiger partial charge on any atom is 0.335 e. The Morgan fingerprint density at radius 1 is 1.50 bits per heavy atom.